The fourth-order valence-corrected chi connectivity index (χ4v) is 4.43. The minimum absolute atomic E-state index is 0.0462. The molecule has 0 saturated carbocycles. The molecule has 0 radical (unpaired) electrons. The lowest BCUT2D eigenvalue weighted by molar-refractivity contribution is -0.383. The molecule has 27 heavy (non-hydrogen) atoms. The first kappa shape index (κ1) is 17.4. The molecule has 2 aromatic heterocycles. The van der Waals surface area contributed by atoms with Crippen molar-refractivity contribution in [2.75, 3.05) is 5.32 Å². The Hall–Kier alpha value is -3.04. The maximum absolute atomic E-state index is 11.2. The molecule has 9 heteroatoms. The zero-order valence-corrected chi connectivity index (χ0v) is 15.5. The fraction of sp³-hybridized carbons (Fsp3) is 0.0556. The summed E-state index contributed by atoms with van der Waals surface area (Å²) in [5.74, 6) is 0. The van der Waals surface area contributed by atoms with E-state index in [-0.39, 0.29) is 5.69 Å². The molecule has 0 aliphatic carbocycles. The number of benzene rings is 2. The maximum Gasteiger partial charge on any atom is 0.278 e. The predicted molar refractivity (Wildman–Crippen MR) is 106 cm³/mol. The molecule has 4 aromatic rings. The normalized spacial score (nSPS) is 10.8. The van der Waals surface area contributed by atoms with E-state index in [0.717, 1.165) is 25.3 Å². The molecule has 0 spiro atoms. The van der Waals surface area contributed by atoms with Gasteiger partial charge in [0, 0.05) is 35.3 Å². The van der Waals surface area contributed by atoms with Crippen LogP contribution < -0.4 is 5.32 Å². The number of anilines is 1. The van der Waals surface area contributed by atoms with Gasteiger partial charge in [0.2, 0.25) is 5.13 Å². The molecule has 0 aliphatic rings. The Balaban J connectivity index is 1.54. The quantitative estimate of drug-likeness (QED) is 0.371. The highest BCUT2D eigenvalue weighted by Crippen LogP contribution is 2.38. The van der Waals surface area contributed by atoms with Crippen molar-refractivity contribution in [3.8, 4) is 0 Å². The second kappa shape index (κ2) is 7.68. The summed E-state index contributed by atoms with van der Waals surface area (Å²) in [4.78, 5) is 15.7. The van der Waals surface area contributed by atoms with E-state index in [1.165, 1.54) is 35.4 Å². The zero-order chi connectivity index (χ0) is 18.6. The van der Waals surface area contributed by atoms with Crippen molar-refractivity contribution in [2.45, 2.75) is 15.8 Å². The molecule has 0 saturated heterocycles. The number of hydrogen-bond donors (Lipinski definition) is 1. The van der Waals surface area contributed by atoms with Crippen molar-refractivity contribution in [2.24, 2.45) is 0 Å². The Morgan fingerprint density at radius 2 is 1.93 bits per heavy atom. The Labute approximate surface area is 162 Å². The van der Waals surface area contributed by atoms with Gasteiger partial charge in [0.15, 0.2) is 4.34 Å². The van der Waals surface area contributed by atoms with Gasteiger partial charge in [0.25, 0.3) is 5.69 Å². The second-order valence-electron chi connectivity index (χ2n) is 5.58. The van der Waals surface area contributed by atoms with Crippen LogP contribution in [0.4, 0.5) is 10.8 Å². The summed E-state index contributed by atoms with van der Waals surface area (Å²) in [6.07, 6.45) is 3.15. The number of nitro groups is 1. The molecular weight excluding hydrogens is 382 g/mol. The number of rotatable bonds is 6. The van der Waals surface area contributed by atoms with Crippen molar-refractivity contribution in [3.05, 3.63) is 76.6 Å². The smallest absolute Gasteiger partial charge is 0.278 e. The summed E-state index contributed by atoms with van der Waals surface area (Å²) in [5.41, 5.74) is 1.21. The molecule has 134 valence electrons. The number of non-ortho nitro benzene ring substituents is 1. The highest BCUT2D eigenvalue weighted by atomic mass is 32.2. The lowest BCUT2D eigenvalue weighted by Crippen LogP contribution is -1.98. The Kier molecular flexibility index (Phi) is 4.95. The number of hydrogen-bond acceptors (Lipinski definition) is 8. The highest BCUT2D eigenvalue weighted by Gasteiger charge is 2.16. The van der Waals surface area contributed by atoms with Crippen molar-refractivity contribution >= 4 is 44.7 Å². The van der Waals surface area contributed by atoms with E-state index in [4.69, 9.17) is 0 Å². The van der Waals surface area contributed by atoms with Crippen LogP contribution in [0.3, 0.4) is 0 Å². The van der Waals surface area contributed by atoms with Crippen LogP contribution in [-0.4, -0.2) is 20.1 Å². The van der Waals surface area contributed by atoms with Gasteiger partial charge in [-0.2, -0.15) is 0 Å². The van der Waals surface area contributed by atoms with E-state index in [1.54, 1.807) is 18.3 Å². The first-order valence-electron chi connectivity index (χ1n) is 8.01. The average molecular weight is 395 g/mol. The van der Waals surface area contributed by atoms with Gasteiger partial charge in [0.1, 0.15) is 0 Å². The van der Waals surface area contributed by atoms with Gasteiger partial charge in [-0.15, -0.1) is 10.2 Å². The SMILES string of the molecule is O=[N+]([O-])c1ccc(Sc2nnc(NCc3ccccc3)s2)c2ccncc12. The van der Waals surface area contributed by atoms with Crippen LogP contribution in [-0.2, 0) is 6.54 Å². The summed E-state index contributed by atoms with van der Waals surface area (Å²) in [5, 5.41) is 24.9. The number of fused-ring (bicyclic) bond motifs is 1. The first-order valence-corrected chi connectivity index (χ1v) is 9.64. The van der Waals surface area contributed by atoms with Crippen LogP contribution in [0.5, 0.6) is 0 Å². The van der Waals surface area contributed by atoms with Gasteiger partial charge >= 0.3 is 0 Å². The van der Waals surface area contributed by atoms with Crippen molar-refractivity contribution < 1.29 is 4.92 Å². The number of nitro benzene ring substituents is 1. The largest absolute Gasteiger partial charge is 0.356 e. The monoisotopic (exact) mass is 395 g/mol. The average Bonchev–Trinajstić information content (AvgIpc) is 3.14. The van der Waals surface area contributed by atoms with E-state index in [1.807, 2.05) is 30.3 Å². The van der Waals surface area contributed by atoms with Gasteiger partial charge in [0.05, 0.1) is 10.3 Å². The number of nitrogens with zero attached hydrogens (tertiary/aromatic N) is 4. The fourth-order valence-electron chi connectivity index (χ4n) is 2.59. The van der Waals surface area contributed by atoms with Crippen molar-refractivity contribution in [1.29, 1.82) is 0 Å². The molecule has 0 amide bonds. The van der Waals surface area contributed by atoms with Gasteiger partial charge in [-0.1, -0.05) is 53.4 Å². The van der Waals surface area contributed by atoms with Crippen molar-refractivity contribution in [1.82, 2.24) is 15.2 Å². The number of pyridine rings is 1. The van der Waals surface area contributed by atoms with Crippen LogP contribution in [0.2, 0.25) is 0 Å². The molecule has 2 aromatic carbocycles. The number of aromatic nitrogens is 3. The lowest BCUT2D eigenvalue weighted by Gasteiger charge is -2.04. The van der Waals surface area contributed by atoms with Crippen LogP contribution in [0.1, 0.15) is 5.56 Å². The van der Waals surface area contributed by atoms with Crippen LogP contribution >= 0.6 is 23.1 Å². The Bertz CT molecular complexity index is 1100. The highest BCUT2D eigenvalue weighted by molar-refractivity contribution is 8.01. The maximum atomic E-state index is 11.2. The molecule has 0 bridgehead atoms. The lowest BCUT2D eigenvalue weighted by atomic mass is 10.1. The van der Waals surface area contributed by atoms with Gasteiger partial charge in [-0.3, -0.25) is 15.1 Å². The molecular formula is C18H13N5O2S2. The van der Waals surface area contributed by atoms with E-state index in [0.29, 0.717) is 11.9 Å². The van der Waals surface area contributed by atoms with E-state index >= 15 is 0 Å². The third-order valence-corrected chi connectivity index (χ3v) is 5.85. The zero-order valence-electron chi connectivity index (χ0n) is 13.9. The molecule has 0 fully saturated rings. The van der Waals surface area contributed by atoms with Crippen LogP contribution in [0.25, 0.3) is 10.8 Å². The van der Waals surface area contributed by atoms with E-state index in [2.05, 4.69) is 20.5 Å². The van der Waals surface area contributed by atoms with Crippen LogP contribution in [0.15, 0.2) is 70.2 Å². The minimum atomic E-state index is -0.394. The summed E-state index contributed by atoms with van der Waals surface area (Å²) in [6.45, 7) is 0.673. The molecule has 7 nitrogen and oxygen atoms in total. The van der Waals surface area contributed by atoms with Gasteiger partial charge < -0.3 is 5.32 Å². The standard InChI is InChI=1S/C18H13N5O2S2/c24-23(25)15-6-7-16(13-8-9-19-11-14(13)15)26-18-22-21-17(27-18)20-10-12-4-2-1-3-5-12/h1-9,11H,10H2,(H,20,21). The molecule has 0 aliphatic heterocycles. The number of nitrogens with one attached hydrogen (secondary N) is 1. The first-order chi connectivity index (χ1) is 13.2. The molecule has 0 unspecified atom stereocenters. The third-order valence-electron chi connectivity index (χ3n) is 3.84. The Morgan fingerprint density at radius 1 is 1.07 bits per heavy atom. The second-order valence-corrected chi connectivity index (χ2v) is 7.84. The van der Waals surface area contributed by atoms with E-state index in [9.17, 15) is 10.1 Å². The van der Waals surface area contributed by atoms with Crippen LogP contribution in [0, 0.1) is 10.1 Å². The summed E-state index contributed by atoms with van der Waals surface area (Å²) in [7, 11) is 0. The van der Waals surface area contributed by atoms with Crippen molar-refractivity contribution in [3.63, 3.8) is 0 Å². The van der Waals surface area contributed by atoms with Gasteiger partial charge in [-0.25, -0.2) is 0 Å². The van der Waals surface area contributed by atoms with Gasteiger partial charge in [-0.05, 0) is 17.7 Å². The molecule has 2 heterocycles. The predicted octanol–water partition coefficient (Wildman–Crippen LogP) is 4.76. The third kappa shape index (κ3) is 3.88. The minimum Gasteiger partial charge on any atom is -0.356 e. The Morgan fingerprint density at radius 3 is 2.74 bits per heavy atom. The topological polar surface area (TPSA) is 93.8 Å². The summed E-state index contributed by atoms with van der Waals surface area (Å²) >= 11 is 2.88. The summed E-state index contributed by atoms with van der Waals surface area (Å²) < 4.78 is 0.762. The molecule has 4 rings (SSSR count). The molecule has 1 N–H and O–H groups in total. The summed E-state index contributed by atoms with van der Waals surface area (Å²) in [6, 6.07) is 15.1. The van der Waals surface area contributed by atoms with E-state index < -0.39 is 4.92 Å². The molecule has 0 atom stereocenters.